The Morgan fingerprint density at radius 1 is 1.18 bits per heavy atom. The summed E-state index contributed by atoms with van der Waals surface area (Å²) in [7, 11) is 0. The van der Waals surface area contributed by atoms with Gasteiger partial charge in [0.2, 0.25) is 0 Å². The molecule has 1 heterocycles. The van der Waals surface area contributed by atoms with E-state index in [-0.39, 0.29) is 18.6 Å². The van der Waals surface area contributed by atoms with Crippen molar-refractivity contribution in [2.75, 3.05) is 25.1 Å². The van der Waals surface area contributed by atoms with Crippen LogP contribution in [0.4, 0.5) is 5.69 Å². The lowest BCUT2D eigenvalue weighted by molar-refractivity contribution is -0.118. The van der Waals surface area contributed by atoms with Crippen LogP contribution in [-0.2, 0) is 9.53 Å². The van der Waals surface area contributed by atoms with Crippen LogP contribution in [0.2, 0.25) is 0 Å². The van der Waals surface area contributed by atoms with Crippen molar-refractivity contribution in [3.63, 3.8) is 0 Å². The Balaban J connectivity index is 1.49. The van der Waals surface area contributed by atoms with Gasteiger partial charge >= 0.3 is 0 Å². The van der Waals surface area contributed by atoms with Crippen LogP contribution < -0.4 is 14.8 Å². The van der Waals surface area contributed by atoms with E-state index in [0.717, 1.165) is 42.1 Å². The smallest absolute Gasteiger partial charge is 0.262 e. The molecule has 2 aromatic rings. The van der Waals surface area contributed by atoms with Crippen LogP contribution in [0.25, 0.3) is 0 Å². The number of ether oxygens (including phenoxy) is 3. The normalized spacial score (nSPS) is 16.2. The monoisotopic (exact) mass is 383 g/mol. The van der Waals surface area contributed by atoms with Crippen molar-refractivity contribution < 1.29 is 19.0 Å². The van der Waals surface area contributed by atoms with Gasteiger partial charge in [0.1, 0.15) is 18.1 Å². The van der Waals surface area contributed by atoms with Crippen LogP contribution in [-0.4, -0.2) is 31.8 Å². The van der Waals surface area contributed by atoms with Crippen LogP contribution in [0.15, 0.2) is 42.5 Å². The largest absolute Gasteiger partial charge is 0.491 e. The zero-order chi connectivity index (χ0) is 19.9. The molecule has 5 nitrogen and oxygen atoms in total. The lowest BCUT2D eigenvalue weighted by Crippen LogP contribution is -2.20. The number of carbonyl (C=O) groups excluding carboxylic acids is 1. The standard InChI is InChI=1S/C23H29NO4/c1-16(2)21-11-6-17(3)13-22(21)28-15-23(25)24-18-7-9-19(10-8-18)27-14-20-5-4-12-26-20/h6-11,13,16,20H,4-5,12,14-15H2,1-3H3,(H,24,25)/t20-/m0/s1. The fourth-order valence-electron chi connectivity index (χ4n) is 3.18. The molecule has 0 unspecified atom stereocenters. The van der Waals surface area contributed by atoms with E-state index in [1.165, 1.54) is 0 Å². The minimum atomic E-state index is -0.191. The van der Waals surface area contributed by atoms with E-state index in [1.54, 1.807) is 0 Å². The summed E-state index contributed by atoms with van der Waals surface area (Å²) in [4.78, 5) is 12.3. The molecule has 0 aliphatic carbocycles. The van der Waals surface area contributed by atoms with Crippen molar-refractivity contribution in [2.24, 2.45) is 0 Å². The van der Waals surface area contributed by atoms with Gasteiger partial charge in [-0.3, -0.25) is 4.79 Å². The topological polar surface area (TPSA) is 56.8 Å². The van der Waals surface area contributed by atoms with Crippen molar-refractivity contribution >= 4 is 11.6 Å². The van der Waals surface area contributed by atoms with E-state index in [0.29, 0.717) is 18.2 Å². The van der Waals surface area contributed by atoms with Crippen molar-refractivity contribution in [1.29, 1.82) is 0 Å². The third-order valence-electron chi connectivity index (χ3n) is 4.75. The van der Waals surface area contributed by atoms with Crippen molar-refractivity contribution in [3.8, 4) is 11.5 Å². The highest BCUT2D eigenvalue weighted by Crippen LogP contribution is 2.27. The maximum absolute atomic E-state index is 12.3. The Morgan fingerprint density at radius 3 is 2.64 bits per heavy atom. The van der Waals surface area contributed by atoms with Gasteiger partial charge in [0.15, 0.2) is 6.61 Å². The molecule has 1 atom stereocenters. The van der Waals surface area contributed by atoms with Gasteiger partial charge < -0.3 is 19.5 Å². The fraction of sp³-hybridized carbons (Fsp3) is 0.435. The first-order valence-corrected chi connectivity index (χ1v) is 9.89. The summed E-state index contributed by atoms with van der Waals surface area (Å²) in [5.74, 6) is 1.68. The van der Waals surface area contributed by atoms with Crippen molar-refractivity contribution in [3.05, 3.63) is 53.6 Å². The van der Waals surface area contributed by atoms with Crippen molar-refractivity contribution in [1.82, 2.24) is 0 Å². The summed E-state index contributed by atoms with van der Waals surface area (Å²) in [6, 6.07) is 13.5. The Kier molecular flexibility index (Phi) is 6.93. The number of aryl methyl sites for hydroxylation is 1. The number of amides is 1. The molecule has 0 radical (unpaired) electrons. The molecule has 1 saturated heterocycles. The van der Waals surface area contributed by atoms with Crippen LogP contribution >= 0.6 is 0 Å². The third-order valence-corrected chi connectivity index (χ3v) is 4.75. The van der Waals surface area contributed by atoms with E-state index in [4.69, 9.17) is 14.2 Å². The predicted molar refractivity (Wildman–Crippen MR) is 110 cm³/mol. The molecule has 0 aromatic heterocycles. The van der Waals surface area contributed by atoms with E-state index < -0.39 is 0 Å². The van der Waals surface area contributed by atoms with Gasteiger partial charge in [0, 0.05) is 12.3 Å². The summed E-state index contributed by atoms with van der Waals surface area (Å²) in [6.45, 7) is 7.59. The zero-order valence-electron chi connectivity index (χ0n) is 16.9. The van der Waals surface area contributed by atoms with Gasteiger partial charge in [-0.05, 0) is 67.1 Å². The average molecular weight is 383 g/mol. The van der Waals surface area contributed by atoms with Gasteiger partial charge in [0.05, 0.1) is 6.10 Å². The van der Waals surface area contributed by atoms with Gasteiger partial charge in [0.25, 0.3) is 5.91 Å². The zero-order valence-corrected chi connectivity index (χ0v) is 16.9. The highest BCUT2D eigenvalue weighted by atomic mass is 16.5. The van der Waals surface area contributed by atoms with E-state index in [2.05, 4.69) is 31.3 Å². The van der Waals surface area contributed by atoms with Gasteiger partial charge in [-0.15, -0.1) is 0 Å². The highest BCUT2D eigenvalue weighted by molar-refractivity contribution is 5.91. The van der Waals surface area contributed by atoms with Crippen LogP contribution in [0.3, 0.4) is 0 Å². The van der Waals surface area contributed by atoms with E-state index in [9.17, 15) is 4.79 Å². The first-order chi connectivity index (χ1) is 13.5. The number of hydrogen-bond donors (Lipinski definition) is 1. The Hall–Kier alpha value is -2.53. The second-order valence-corrected chi connectivity index (χ2v) is 7.50. The second kappa shape index (κ2) is 9.60. The summed E-state index contributed by atoms with van der Waals surface area (Å²) >= 11 is 0. The molecule has 1 fully saturated rings. The molecule has 0 bridgehead atoms. The molecule has 2 aromatic carbocycles. The lowest BCUT2D eigenvalue weighted by Gasteiger charge is -2.15. The summed E-state index contributed by atoms with van der Waals surface area (Å²) in [6.07, 6.45) is 2.34. The number of nitrogens with one attached hydrogen (secondary N) is 1. The average Bonchev–Trinajstić information content (AvgIpc) is 3.19. The number of rotatable bonds is 8. The second-order valence-electron chi connectivity index (χ2n) is 7.50. The number of hydrogen-bond acceptors (Lipinski definition) is 4. The minimum absolute atomic E-state index is 0.0273. The van der Waals surface area contributed by atoms with Gasteiger partial charge in [-0.1, -0.05) is 26.0 Å². The Morgan fingerprint density at radius 2 is 1.96 bits per heavy atom. The summed E-state index contributed by atoms with van der Waals surface area (Å²) in [5, 5.41) is 2.86. The molecule has 28 heavy (non-hydrogen) atoms. The number of carbonyl (C=O) groups is 1. The minimum Gasteiger partial charge on any atom is -0.491 e. The Labute approximate surface area is 167 Å². The molecule has 5 heteroatoms. The van der Waals surface area contributed by atoms with Crippen LogP contribution in [0.5, 0.6) is 11.5 Å². The number of benzene rings is 2. The van der Waals surface area contributed by atoms with Crippen LogP contribution in [0, 0.1) is 6.92 Å². The van der Waals surface area contributed by atoms with Gasteiger partial charge in [-0.25, -0.2) is 0 Å². The molecule has 0 saturated carbocycles. The molecule has 1 aliphatic rings. The summed E-state index contributed by atoms with van der Waals surface area (Å²) < 4.78 is 17.1. The van der Waals surface area contributed by atoms with Gasteiger partial charge in [-0.2, -0.15) is 0 Å². The maximum Gasteiger partial charge on any atom is 0.262 e. The fourth-order valence-corrected chi connectivity index (χ4v) is 3.18. The summed E-state index contributed by atoms with van der Waals surface area (Å²) in [5.41, 5.74) is 2.93. The molecule has 1 amide bonds. The molecule has 0 spiro atoms. The molecular formula is C23H29NO4. The molecule has 1 aliphatic heterocycles. The molecular weight excluding hydrogens is 354 g/mol. The first-order valence-electron chi connectivity index (χ1n) is 9.89. The van der Waals surface area contributed by atoms with E-state index in [1.807, 2.05) is 37.3 Å². The molecule has 3 rings (SSSR count). The highest BCUT2D eigenvalue weighted by Gasteiger charge is 2.16. The number of anilines is 1. The first kappa shape index (κ1) is 20.2. The third kappa shape index (κ3) is 5.73. The maximum atomic E-state index is 12.3. The Bertz CT molecular complexity index is 780. The lowest BCUT2D eigenvalue weighted by atomic mass is 10.0. The van der Waals surface area contributed by atoms with E-state index >= 15 is 0 Å². The molecule has 1 N–H and O–H groups in total. The quantitative estimate of drug-likeness (QED) is 0.718. The predicted octanol–water partition coefficient (Wildman–Crippen LogP) is 4.69. The SMILES string of the molecule is Cc1ccc(C(C)C)c(OCC(=O)Nc2ccc(OC[C@@H]3CCCO3)cc2)c1. The molecule has 150 valence electrons. The van der Waals surface area contributed by atoms with Crippen LogP contribution in [0.1, 0.15) is 43.7 Å². The van der Waals surface area contributed by atoms with Crippen molar-refractivity contribution in [2.45, 2.75) is 45.6 Å².